The van der Waals surface area contributed by atoms with Crippen LogP contribution in [0.25, 0.3) is 11.3 Å². The van der Waals surface area contributed by atoms with Crippen LogP contribution in [-0.4, -0.2) is 63.1 Å². The Morgan fingerprint density at radius 2 is 1.77 bits per heavy atom. The van der Waals surface area contributed by atoms with E-state index in [0.717, 1.165) is 44.0 Å². The van der Waals surface area contributed by atoms with Crippen LogP contribution >= 0.6 is 11.6 Å². The van der Waals surface area contributed by atoms with E-state index >= 15 is 0 Å². The number of benzene rings is 1. The molecule has 3 heterocycles. The summed E-state index contributed by atoms with van der Waals surface area (Å²) in [7, 11) is 1.48. The van der Waals surface area contributed by atoms with Crippen LogP contribution in [-0.2, 0) is 17.9 Å². The summed E-state index contributed by atoms with van der Waals surface area (Å²) in [4.78, 5) is 14.0. The molecule has 1 unspecified atom stereocenters. The van der Waals surface area contributed by atoms with Crippen molar-refractivity contribution in [3.8, 4) is 17.1 Å². The van der Waals surface area contributed by atoms with Gasteiger partial charge in [-0.1, -0.05) is 35.9 Å². The topological polar surface area (TPSA) is 76.6 Å². The van der Waals surface area contributed by atoms with Gasteiger partial charge >= 0.3 is 0 Å². The Hall–Kier alpha value is -2.36. The highest BCUT2D eigenvalue weighted by Crippen LogP contribution is 2.28. The molecule has 1 aliphatic rings. The largest absolute Gasteiger partial charge is 0.588 e. The van der Waals surface area contributed by atoms with Crippen molar-refractivity contribution in [3.63, 3.8) is 0 Å². The Labute approximate surface area is 215 Å². The maximum atomic E-state index is 12.9. The normalized spacial score (nSPS) is 16.2. The van der Waals surface area contributed by atoms with Gasteiger partial charge in [-0.05, 0) is 38.5 Å². The highest BCUT2D eigenvalue weighted by atomic mass is 35.5. The molecule has 0 saturated carbocycles. The van der Waals surface area contributed by atoms with E-state index in [4.69, 9.17) is 16.3 Å². The molecule has 1 aromatic carbocycles. The summed E-state index contributed by atoms with van der Waals surface area (Å²) in [6, 6.07) is 13.7. The van der Waals surface area contributed by atoms with Gasteiger partial charge < -0.3 is 9.29 Å². The average molecular weight is 514 g/mol. The van der Waals surface area contributed by atoms with E-state index in [9.17, 15) is 4.55 Å². The first kappa shape index (κ1) is 25.7. The second-order valence-corrected chi connectivity index (χ2v) is 11.2. The summed E-state index contributed by atoms with van der Waals surface area (Å²) in [5.41, 5.74) is 4.00. The zero-order chi connectivity index (χ0) is 25.0. The molecule has 0 aliphatic carbocycles. The van der Waals surface area contributed by atoms with E-state index in [-0.39, 0.29) is 11.4 Å². The first-order valence-corrected chi connectivity index (χ1v) is 13.2. The van der Waals surface area contributed by atoms with Crippen molar-refractivity contribution in [1.29, 1.82) is 0 Å². The second-order valence-electron chi connectivity index (χ2n) is 9.59. The summed E-state index contributed by atoms with van der Waals surface area (Å²) < 4.78 is 21.1. The van der Waals surface area contributed by atoms with Gasteiger partial charge in [-0.25, -0.2) is 9.71 Å². The van der Waals surface area contributed by atoms with Gasteiger partial charge in [0.2, 0.25) is 4.90 Å². The number of rotatable bonds is 7. The van der Waals surface area contributed by atoms with Gasteiger partial charge in [0.15, 0.2) is 0 Å². The van der Waals surface area contributed by atoms with E-state index in [1.807, 2.05) is 6.07 Å². The van der Waals surface area contributed by atoms with E-state index in [1.165, 1.54) is 18.9 Å². The molecule has 4 rings (SSSR count). The number of pyridine rings is 2. The average Bonchev–Trinajstić information content (AvgIpc) is 2.84. The van der Waals surface area contributed by atoms with Crippen molar-refractivity contribution in [2.45, 2.75) is 37.8 Å². The van der Waals surface area contributed by atoms with Crippen molar-refractivity contribution in [2.75, 3.05) is 38.0 Å². The number of halogens is 1. The van der Waals surface area contributed by atoms with E-state index in [2.05, 4.69) is 69.5 Å². The molecule has 7 nitrogen and oxygen atoms in total. The van der Waals surface area contributed by atoms with Crippen molar-refractivity contribution in [1.82, 2.24) is 19.8 Å². The van der Waals surface area contributed by atoms with Crippen molar-refractivity contribution in [3.05, 3.63) is 65.4 Å². The third-order valence-electron chi connectivity index (χ3n) is 6.13. The van der Waals surface area contributed by atoms with Crippen LogP contribution in [0.4, 0.5) is 5.69 Å². The molecule has 3 aromatic rings. The number of ether oxygens (including phenoxy) is 1. The van der Waals surface area contributed by atoms with Crippen LogP contribution in [0.5, 0.6) is 5.88 Å². The summed E-state index contributed by atoms with van der Waals surface area (Å²) in [5.74, 6) is 0.268. The summed E-state index contributed by atoms with van der Waals surface area (Å²) in [6.07, 6.45) is 3.16. The third kappa shape index (κ3) is 6.65. The van der Waals surface area contributed by atoms with Crippen LogP contribution in [0, 0.1) is 0 Å². The Kier molecular flexibility index (Phi) is 8.19. The monoisotopic (exact) mass is 513 g/mol. The minimum Gasteiger partial charge on any atom is -0.588 e. The predicted molar refractivity (Wildman–Crippen MR) is 142 cm³/mol. The van der Waals surface area contributed by atoms with Gasteiger partial charge in [0.05, 0.1) is 23.5 Å². The fourth-order valence-electron chi connectivity index (χ4n) is 4.12. The van der Waals surface area contributed by atoms with Gasteiger partial charge in [0.1, 0.15) is 11.4 Å². The molecule has 1 saturated heterocycles. The van der Waals surface area contributed by atoms with Crippen LogP contribution in [0.15, 0.2) is 59.8 Å². The van der Waals surface area contributed by atoms with Crippen molar-refractivity contribution < 1.29 is 9.29 Å². The van der Waals surface area contributed by atoms with Gasteiger partial charge in [-0.3, -0.25) is 14.8 Å². The molecule has 0 spiro atoms. The molecular weight excluding hydrogens is 482 g/mol. The number of nitrogens with one attached hydrogen (secondary N) is 1. The fourth-order valence-corrected chi connectivity index (χ4v) is 5.33. The van der Waals surface area contributed by atoms with Gasteiger partial charge in [0.25, 0.3) is 5.88 Å². The Balaban J connectivity index is 1.39. The molecule has 0 amide bonds. The van der Waals surface area contributed by atoms with Gasteiger partial charge in [-0.2, -0.15) is 0 Å². The lowest BCUT2D eigenvalue weighted by Gasteiger charge is -2.42. The summed E-state index contributed by atoms with van der Waals surface area (Å²) >= 11 is 4.43. The van der Waals surface area contributed by atoms with Crippen molar-refractivity contribution >= 4 is 28.7 Å². The third-order valence-corrected chi connectivity index (χ3v) is 7.45. The molecule has 2 aromatic heterocycles. The lowest BCUT2D eigenvalue weighted by molar-refractivity contribution is 0.0591. The maximum absolute atomic E-state index is 12.9. The minimum atomic E-state index is -1.60. The Morgan fingerprint density at radius 1 is 1.06 bits per heavy atom. The molecule has 0 radical (unpaired) electrons. The molecule has 35 heavy (non-hydrogen) atoms. The van der Waals surface area contributed by atoms with Gasteiger partial charge in [-0.15, -0.1) is 0 Å². The zero-order valence-corrected chi connectivity index (χ0v) is 22.2. The number of anilines is 1. The van der Waals surface area contributed by atoms with E-state index in [1.54, 1.807) is 18.3 Å². The first-order chi connectivity index (χ1) is 16.7. The number of hydrogen-bond donors (Lipinski definition) is 1. The molecule has 1 fully saturated rings. The highest BCUT2D eigenvalue weighted by molar-refractivity contribution is 7.92. The smallest absolute Gasteiger partial charge is 0.273 e. The SMILES string of the molecule is COc1ncc(Cl)cc1[S+]([O-])Nc1ccnc(-c2ccc(CN3CCN(C(C)(C)C)CC3)cc2)c1. The molecule has 0 bridgehead atoms. The molecule has 186 valence electrons. The summed E-state index contributed by atoms with van der Waals surface area (Å²) in [6.45, 7) is 12.2. The minimum absolute atomic E-state index is 0.230. The second kappa shape index (κ2) is 11.1. The number of nitrogens with zero attached hydrogens (tertiary/aromatic N) is 4. The van der Waals surface area contributed by atoms with Crippen LogP contribution in [0.2, 0.25) is 5.02 Å². The molecule has 1 atom stereocenters. The van der Waals surface area contributed by atoms with Gasteiger partial charge in [0, 0.05) is 62.3 Å². The van der Waals surface area contributed by atoms with Crippen LogP contribution in [0.1, 0.15) is 26.3 Å². The number of piperazine rings is 1. The molecule has 1 N–H and O–H groups in total. The Bertz CT molecular complexity index is 1130. The maximum Gasteiger partial charge on any atom is 0.273 e. The lowest BCUT2D eigenvalue weighted by Crippen LogP contribution is -2.53. The Morgan fingerprint density at radius 3 is 2.43 bits per heavy atom. The lowest BCUT2D eigenvalue weighted by atomic mass is 10.0. The highest BCUT2D eigenvalue weighted by Gasteiger charge is 2.25. The van der Waals surface area contributed by atoms with Crippen LogP contribution < -0.4 is 9.46 Å². The van der Waals surface area contributed by atoms with Crippen molar-refractivity contribution in [2.24, 2.45) is 0 Å². The van der Waals surface area contributed by atoms with E-state index < -0.39 is 11.4 Å². The number of hydrogen-bond acceptors (Lipinski definition) is 7. The van der Waals surface area contributed by atoms with Crippen LogP contribution in [0.3, 0.4) is 0 Å². The molecule has 9 heteroatoms. The quantitative estimate of drug-likeness (QED) is 0.452. The molecular formula is C26H32ClN5O2S. The zero-order valence-electron chi connectivity index (χ0n) is 20.6. The van der Waals surface area contributed by atoms with E-state index in [0.29, 0.717) is 15.6 Å². The molecule has 1 aliphatic heterocycles. The standard InChI is InChI=1S/C26H32ClN5O2S/c1-26(2,3)32-13-11-31(12-14-32)18-19-5-7-20(8-6-19)23-16-22(9-10-28-23)30-35(33)24-15-21(27)17-29-25(24)34-4/h5-10,15-17H,11-14,18H2,1-4H3,(H,28,30). The number of methoxy groups -OCH3 is 1. The fraction of sp³-hybridized carbons (Fsp3) is 0.385. The first-order valence-electron chi connectivity index (χ1n) is 11.6. The number of aromatic nitrogens is 2. The predicted octanol–water partition coefficient (Wildman–Crippen LogP) is 4.86. The summed E-state index contributed by atoms with van der Waals surface area (Å²) in [5, 5.41) is 0.391.